The molecule has 0 aromatic carbocycles. The SMILES string of the molecule is CC#CC(CC(C)C)C(Br)C(O)C(C)(C)CC. The molecule has 0 fully saturated rings. The zero-order chi connectivity index (χ0) is 13.6. The Hall–Kier alpha value is -0.0000000000000000208. The standard InChI is InChI=1S/C15H27BrO/c1-7-9-12(10-11(3)4)13(16)14(17)15(5,6)8-2/h11-14,17H,8,10H2,1-6H3. The molecule has 100 valence electrons. The first-order valence-corrected chi connectivity index (χ1v) is 7.42. The molecule has 0 aliphatic carbocycles. The lowest BCUT2D eigenvalue weighted by Crippen LogP contribution is -2.40. The van der Waals surface area contributed by atoms with Crippen LogP contribution in [0.4, 0.5) is 0 Å². The molecule has 1 N–H and O–H groups in total. The summed E-state index contributed by atoms with van der Waals surface area (Å²) in [4.78, 5) is 0.0484. The van der Waals surface area contributed by atoms with Gasteiger partial charge in [-0.05, 0) is 31.1 Å². The molecule has 0 spiro atoms. The summed E-state index contributed by atoms with van der Waals surface area (Å²) in [5, 5.41) is 10.4. The van der Waals surface area contributed by atoms with Crippen molar-refractivity contribution in [2.24, 2.45) is 17.3 Å². The van der Waals surface area contributed by atoms with Crippen molar-refractivity contribution in [3.05, 3.63) is 0 Å². The van der Waals surface area contributed by atoms with E-state index in [0.717, 1.165) is 12.8 Å². The summed E-state index contributed by atoms with van der Waals surface area (Å²) in [7, 11) is 0. The van der Waals surface area contributed by atoms with Gasteiger partial charge in [-0.25, -0.2) is 0 Å². The van der Waals surface area contributed by atoms with Crippen LogP contribution < -0.4 is 0 Å². The fourth-order valence-corrected chi connectivity index (χ4v) is 2.89. The van der Waals surface area contributed by atoms with Crippen LogP contribution in [-0.2, 0) is 0 Å². The lowest BCUT2D eigenvalue weighted by Gasteiger charge is -2.35. The summed E-state index contributed by atoms with van der Waals surface area (Å²) in [6.07, 6.45) is 1.62. The van der Waals surface area contributed by atoms with Crippen molar-refractivity contribution < 1.29 is 5.11 Å². The molecule has 17 heavy (non-hydrogen) atoms. The van der Waals surface area contributed by atoms with Crippen LogP contribution in [0, 0.1) is 29.1 Å². The molecule has 0 bridgehead atoms. The van der Waals surface area contributed by atoms with E-state index in [1.807, 2.05) is 6.92 Å². The molecular weight excluding hydrogens is 276 g/mol. The number of halogens is 1. The lowest BCUT2D eigenvalue weighted by molar-refractivity contribution is 0.0382. The smallest absolute Gasteiger partial charge is 0.0727 e. The molecule has 2 heteroatoms. The van der Waals surface area contributed by atoms with Crippen LogP contribution in [0.15, 0.2) is 0 Å². The van der Waals surface area contributed by atoms with Crippen molar-refractivity contribution in [3.63, 3.8) is 0 Å². The molecule has 0 aliphatic rings. The van der Waals surface area contributed by atoms with Gasteiger partial charge in [-0.1, -0.05) is 56.5 Å². The van der Waals surface area contributed by atoms with Gasteiger partial charge in [-0.2, -0.15) is 0 Å². The van der Waals surface area contributed by atoms with E-state index in [-0.39, 0.29) is 22.3 Å². The molecule has 0 radical (unpaired) electrons. The molecule has 0 saturated carbocycles. The summed E-state index contributed by atoms with van der Waals surface area (Å²) < 4.78 is 0. The second-order valence-electron chi connectivity index (χ2n) is 5.86. The first-order chi connectivity index (χ1) is 7.76. The van der Waals surface area contributed by atoms with E-state index in [0.29, 0.717) is 5.92 Å². The third-order valence-corrected chi connectivity index (χ3v) is 4.59. The lowest BCUT2D eigenvalue weighted by atomic mass is 9.78. The molecule has 0 aliphatic heterocycles. The summed E-state index contributed by atoms with van der Waals surface area (Å²) in [5.41, 5.74) is -0.0706. The Labute approximate surface area is 116 Å². The highest BCUT2D eigenvalue weighted by Crippen LogP contribution is 2.34. The Kier molecular flexibility index (Phi) is 7.44. The molecule has 0 aromatic heterocycles. The normalized spacial score (nSPS) is 17.2. The highest BCUT2D eigenvalue weighted by Gasteiger charge is 2.35. The van der Waals surface area contributed by atoms with Gasteiger partial charge in [0.05, 0.1) is 10.9 Å². The maximum Gasteiger partial charge on any atom is 0.0727 e. The van der Waals surface area contributed by atoms with E-state index >= 15 is 0 Å². The first kappa shape index (κ1) is 17.0. The van der Waals surface area contributed by atoms with Gasteiger partial charge in [0.25, 0.3) is 0 Å². The summed E-state index contributed by atoms with van der Waals surface area (Å²) in [6.45, 7) is 12.6. The maximum absolute atomic E-state index is 10.4. The van der Waals surface area contributed by atoms with Crippen molar-refractivity contribution in [3.8, 4) is 11.8 Å². The fourth-order valence-electron chi connectivity index (χ4n) is 1.82. The predicted molar refractivity (Wildman–Crippen MR) is 79.2 cm³/mol. The van der Waals surface area contributed by atoms with Crippen LogP contribution in [0.1, 0.15) is 54.4 Å². The van der Waals surface area contributed by atoms with Crippen LogP contribution >= 0.6 is 15.9 Å². The van der Waals surface area contributed by atoms with Crippen molar-refractivity contribution in [1.82, 2.24) is 0 Å². The minimum atomic E-state index is -0.364. The number of aliphatic hydroxyl groups is 1. The minimum Gasteiger partial charge on any atom is -0.391 e. The zero-order valence-electron chi connectivity index (χ0n) is 12.0. The number of alkyl halides is 1. The summed E-state index contributed by atoms with van der Waals surface area (Å²) in [6, 6.07) is 0. The van der Waals surface area contributed by atoms with E-state index in [4.69, 9.17) is 0 Å². The molecule has 0 aromatic rings. The Morgan fingerprint density at radius 3 is 2.18 bits per heavy atom. The van der Waals surface area contributed by atoms with Crippen LogP contribution in [0.2, 0.25) is 0 Å². The molecule has 0 heterocycles. The van der Waals surface area contributed by atoms with Gasteiger partial charge in [0.2, 0.25) is 0 Å². The van der Waals surface area contributed by atoms with Crippen molar-refractivity contribution in [1.29, 1.82) is 0 Å². The third kappa shape index (κ3) is 5.44. The second-order valence-corrected chi connectivity index (χ2v) is 6.92. The number of hydrogen-bond donors (Lipinski definition) is 1. The van der Waals surface area contributed by atoms with Gasteiger partial charge in [-0.3, -0.25) is 0 Å². The molecular formula is C15H27BrO. The highest BCUT2D eigenvalue weighted by atomic mass is 79.9. The number of aliphatic hydroxyl groups excluding tert-OH is 1. The first-order valence-electron chi connectivity index (χ1n) is 6.50. The van der Waals surface area contributed by atoms with Crippen LogP contribution in [0.3, 0.4) is 0 Å². The molecule has 3 unspecified atom stereocenters. The quantitative estimate of drug-likeness (QED) is 0.575. The molecule has 0 amide bonds. The third-order valence-electron chi connectivity index (χ3n) is 3.45. The monoisotopic (exact) mass is 302 g/mol. The Bertz CT molecular complexity index is 272. The minimum absolute atomic E-state index is 0.0484. The van der Waals surface area contributed by atoms with Gasteiger partial charge < -0.3 is 5.11 Å². The number of hydrogen-bond acceptors (Lipinski definition) is 1. The van der Waals surface area contributed by atoms with Crippen LogP contribution in [0.25, 0.3) is 0 Å². The number of rotatable bonds is 6. The molecule has 0 saturated heterocycles. The predicted octanol–water partition coefficient (Wildman–Crippen LogP) is 4.23. The Balaban J connectivity index is 4.81. The second kappa shape index (κ2) is 7.44. The molecule has 0 rings (SSSR count). The van der Waals surface area contributed by atoms with Gasteiger partial charge >= 0.3 is 0 Å². The van der Waals surface area contributed by atoms with E-state index in [1.54, 1.807) is 0 Å². The highest BCUT2D eigenvalue weighted by molar-refractivity contribution is 9.09. The molecule has 3 atom stereocenters. The van der Waals surface area contributed by atoms with Crippen LogP contribution in [0.5, 0.6) is 0 Å². The van der Waals surface area contributed by atoms with Crippen molar-refractivity contribution >= 4 is 15.9 Å². The van der Waals surface area contributed by atoms with Gasteiger partial charge in [0.15, 0.2) is 0 Å². The average molecular weight is 303 g/mol. The molecule has 1 nitrogen and oxygen atoms in total. The maximum atomic E-state index is 10.4. The van der Waals surface area contributed by atoms with Gasteiger partial charge in [-0.15, -0.1) is 5.92 Å². The van der Waals surface area contributed by atoms with Crippen molar-refractivity contribution in [2.75, 3.05) is 0 Å². The fraction of sp³-hybridized carbons (Fsp3) is 0.867. The Morgan fingerprint density at radius 2 is 1.82 bits per heavy atom. The van der Waals surface area contributed by atoms with E-state index in [1.165, 1.54) is 0 Å². The average Bonchev–Trinajstić information content (AvgIpc) is 2.26. The summed E-state index contributed by atoms with van der Waals surface area (Å²) >= 11 is 3.66. The van der Waals surface area contributed by atoms with Gasteiger partial charge in [0.1, 0.15) is 0 Å². The summed E-state index contributed by atoms with van der Waals surface area (Å²) in [5.74, 6) is 7.04. The van der Waals surface area contributed by atoms with Crippen molar-refractivity contribution in [2.45, 2.75) is 65.3 Å². The zero-order valence-corrected chi connectivity index (χ0v) is 13.6. The van der Waals surface area contributed by atoms with Gasteiger partial charge in [0, 0.05) is 5.92 Å². The topological polar surface area (TPSA) is 20.2 Å². The van der Waals surface area contributed by atoms with E-state index in [2.05, 4.69) is 62.4 Å². The largest absolute Gasteiger partial charge is 0.391 e. The Morgan fingerprint density at radius 1 is 1.29 bits per heavy atom. The van der Waals surface area contributed by atoms with Crippen LogP contribution in [-0.4, -0.2) is 16.0 Å². The van der Waals surface area contributed by atoms with E-state index in [9.17, 15) is 5.11 Å². The van der Waals surface area contributed by atoms with E-state index < -0.39 is 0 Å².